The third-order valence-electron chi connectivity index (χ3n) is 4.52. The SMILES string of the molecule is c1cnnc(CN2CCNC(C3CCCCC3)C2)c1. The van der Waals surface area contributed by atoms with Gasteiger partial charge in [-0.1, -0.05) is 19.3 Å². The predicted octanol–water partition coefficient (Wildman–Crippen LogP) is 1.83. The normalized spacial score (nSPS) is 26.4. The highest BCUT2D eigenvalue weighted by molar-refractivity contribution is 4.99. The maximum Gasteiger partial charge on any atom is 0.0771 e. The smallest absolute Gasteiger partial charge is 0.0771 e. The number of nitrogens with zero attached hydrogens (tertiary/aromatic N) is 3. The van der Waals surface area contributed by atoms with Gasteiger partial charge in [0.15, 0.2) is 0 Å². The fraction of sp³-hybridized carbons (Fsp3) is 0.733. The van der Waals surface area contributed by atoms with Crippen molar-refractivity contribution in [1.29, 1.82) is 0 Å². The van der Waals surface area contributed by atoms with Crippen LogP contribution in [-0.4, -0.2) is 40.8 Å². The Morgan fingerprint density at radius 1 is 1.26 bits per heavy atom. The summed E-state index contributed by atoms with van der Waals surface area (Å²) in [6.07, 6.45) is 8.85. The largest absolute Gasteiger partial charge is 0.311 e. The Bertz CT molecular complexity index is 375. The Morgan fingerprint density at radius 2 is 2.16 bits per heavy atom. The summed E-state index contributed by atoms with van der Waals surface area (Å²) < 4.78 is 0. The molecule has 0 bridgehead atoms. The molecule has 0 aromatic carbocycles. The molecule has 1 saturated heterocycles. The van der Waals surface area contributed by atoms with Crippen molar-refractivity contribution in [1.82, 2.24) is 20.4 Å². The van der Waals surface area contributed by atoms with Crippen molar-refractivity contribution in [3.05, 3.63) is 24.0 Å². The van der Waals surface area contributed by atoms with Gasteiger partial charge in [0.25, 0.3) is 0 Å². The van der Waals surface area contributed by atoms with Gasteiger partial charge in [-0.15, -0.1) is 0 Å². The van der Waals surface area contributed by atoms with Crippen LogP contribution in [0.3, 0.4) is 0 Å². The molecular weight excluding hydrogens is 236 g/mol. The van der Waals surface area contributed by atoms with E-state index in [4.69, 9.17) is 0 Å². The molecule has 4 heteroatoms. The summed E-state index contributed by atoms with van der Waals surface area (Å²) in [5, 5.41) is 11.9. The quantitative estimate of drug-likeness (QED) is 0.900. The zero-order valence-electron chi connectivity index (χ0n) is 11.6. The number of piperazine rings is 1. The Morgan fingerprint density at radius 3 is 2.95 bits per heavy atom. The number of rotatable bonds is 3. The summed E-state index contributed by atoms with van der Waals surface area (Å²) in [7, 11) is 0. The van der Waals surface area contributed by atoms with Crippen molar-refractivity contribution >= 4 is 0 Å². The molecule has 3 rings (SSSR count). The molecule has 1 unspecified atom stereocenters. The van der Waals surface area contributed by atoms with Gasteiger partial charge in [0.2, 0.25) is 0 Å². The van der Waals surface area contributed by atoms with Crippen molar-refractivity contribution in [2.45, 2.75) is 44.7 Å². The van der Waals surface area contributed by atoms with Crippen LogP contribution < -0.4 is 5.32 Å². The molecule has 0 spiro atoms. The third kappa shape index (κ3) is 3.51. The molecule has 0 amide bonds. The number of hydrogen-bond acceptors (Lipinski definition) is 4. The Kier molecular flexibility index (Phi) is 4.41. The van der Waals surface area contributed by atoms with Gasteiger partial charge in [-0.25, -0.2) is 0 Å². The van der Waals surface area contributed by atoms with Gasteiger partial charge in [0, 0.05) is 38.4 Å². The number of aromatic nitrogens is 2. The maximum atomic E-state index is 4.20. The summed E-state index contributed by atoms with van der Waals surface area (Å²) in [6, 6.07) is 4.74. The van der Waals surface area contributed by atoms with Crippen LogP contribution in [0.2, 0.25) is 0 Å². The van der Waals surface area contributed by atoms with Crippen LogP contribution in [0.4, 0.5) is 0 Å². The fourth-order valence-corrected chi connectivity index (χ4v) is 3.48. The van der Waals surface area contributed by atoms with Gasteiger partial charge >= 0.3 is 0 Å². The van der Waals surface area contributed by atoms with Crippen molar-refractivity contribution in [3.8, 4) is 0 Å². The van der Waals surface area contributed by atoms with E-state index in [1.54, 1.807) is 6.20 Å². The summed E-state index contributed by atoms with van der Waals surface area (Å²) in [4.78, 5) is 2.53. The molecular formula is C15H24N4. The average Bonchev–Trinajstić information content (AvgIpc) is 2.49. The molecule has 2 heterocycles. The maximum absolute atomic E-state index is 4.20. The lowest BCUT2D eigenvalue weighted by molar-refractivity contribution is 0.139. The Balaban J connectivity index is 1.55. The van der Waals surface area contributed by atoms with E-state index < -0.39 is 0 Å². The molecule has 2 fully saturated rings. The second-order valence-electron chi connectivity index (χ2n) is 5.91. The van der Waals surface area contributed by atoms with Crippen molar-refractivity contribution < 1.29 is 0 Å². The third-order valence-corrected chi connectivity index (χ3v) is 4.52. The molecule has 1 aliphatic carbocycles. The minimum atomic E-state index is 0.686. The van der Waals surface area contributed by atoms with E-state index in [1.807, 2.05) is 6.07 Å². The van der Waals surface area contributed by atoms with Gasteiger partial charge in [-0.05, 0) is 30.9 Å². The molecule has 19 heavy (non-hydrogen) atoms. The van der Waals surface area contributed by atoms with Crippen LogP contribution in [0, 0.1) is 5.92 Å². The van der Waals surface area contributed by atoms with Gasteiger partial charge in [0.05, 0.1) is 5.69 Å². The summed E-state index contributed by atoms with van der Waals surface area (Å²) in [5.74, 6) is 0.887. The van der Waals surface area contributed by atoms with E-state index in [-0.39, 0.29) is 0 Å². The van der Waals surface area contributed by atoms with Crippen LogP contribution in [0.15, 0.2) is 18.3 Å². The predicted molar refractivity (Wildman–Crippen MR) is 75.7 cm³/mol. The molecule has 1 saturated carbocycles. The van der Waals surface area contributed by atoms with Gasteiger partial charge < -0.3 is 5.32 Å². The van der Waals surface area contributed by atoms with E-state index in [2.05, 4.69) is 26.5 Å². The standard InChI is InChI=1S/C15H24N4/c1-2-5-13(6-3-1)15-12-19(10-9-16-15)11-14-7-4-8-17-18-14/h4,7-8,13,15-16H,1-3,5-6,9-12H2. The van der Waals surface area contributed by atoms with Crippen LogP contribution in [0.1, 0.15) is 37.8 Å². The highest BCUT2D eigenvalue weighted by Crippen LogP contribution is 2.27. The van der Waals surface area contributed by atoms with Crippen LogP contribution >= 0.6 is 0 Å². The Hall–Kier alpha value is -1.00. The highest BCUT2D eigenvalue weighted by Gasteiger charge is 2.27. The first kappa shape index (κ1) is 13.0. The summed E-state index contributed by atoms with van der Waals surface area (Å²) in [5.41, 5.74) is 1.09. The van der Waals surface area contributed by atoms with Crippen molar-refractivity contribution in [3.63, 3.8) is 0 Å². The van der Waals surface area contributed by atoms with Gasteiger partial charge in [-0.2, -0.15) is 10.2 Å². The lowest BCUT2D eigenvalue weighted by atomic mass is 9.83. The van der Waals surface area contributed by atoms with Crippen molar-refractivity contribution in [2.75, 3.05) is 19.6 Å². The molecule has 4 nitrogen and oxygen atoms in total. The second kappa shape index (κ2) is 6.44. The lowest BCUT2D eigenvalue weighted by Gasteiger charge is -2.39. The van der Waals surface area contributed by atoms with Gasteiger partial charge in [-0.3, -0.25) is 4.90 Å². The highest BCUT2D eigenvalue weighted by atomic mass is 15.2. The zero-order valence-corrected chi connectivity index (χ0v) is 11.6. The molecule has 1 atom stereocenters. The molecule has 1 aromatic heterocycles. The van der Waals surface area contributed by atoms with E-state index in [9.17, 15) is 0 Å². The van der Waals surface area contributed by atoms with Crippen molar-refractivity contribution in [2.24, 2.45) is 5.92 Å². The van der Waals surface area contributed by atoms with E-state index >= 15 is 0 Å². The Labute approximate surface area is 115 Å². The minimum Gasteiger partial charge on any atom is -0.311 e. The molecule has 2 aliphatic rings. The first-order valence-electron chi connectivity index (χ1n) is 7.64. The van der Waals surface area contributed by atoms with Gasteiger partial charge in [0.1, 0.15) is 0 Å². The van der Waals surface area contributed by atoms with Crippen LogP contribution in [-0.2, 0) is 6.54 Å². The fourth-order valence-electron chi connectivity index (χ4n) is 3.48. The zero-order chi connectivity index (χ0) is 12.9. The summed E-state index contributed by atoms with van der Waals surface area (Å²) >= 11 is 0. The van der Waals surface area contributed by atoms with E-state index in [0.717, 1.165) is 31.2 Å². The topological polar surface area (TPSA) is 41.1 Å². The molecule has 1 N–H and O–H groups in total. The monoisotopic (exact) mass is 260 g/mol. The lowest BCUT2D eigenvalue weighted by Crippen LogP contribution is -2.53. The molecule has 1 aromatic rings. The van der Waals surface area contributed by atoms with E-state index in [0.29, 0.717) is 6.04 Å². The first-order chi connectivity index (χ1) is 9.42. The molecule has 0 radical (unpaired) electrons. The number of nitrogens with one attached hydrogen (secondary N) is 1. The molecule has 1 aliphatic heterocycles. The second-order valence-corrected chi connectivity index (χ2v) is 5.91. The molecule has 104 valence electrons. The first-order valence-corrected chi connectivity index (χ1v) is 7.64. The number of hydrogen-bond donors (Lipinski definition) is 1. The van der Waals surface area contributed by atoms with E-state index in [1.165, 1.54) is 38.6 Å². The average molecular weight is 260 g/mol. The van der Waals surface area contributed by atoms with Crippen LogP contribution in [0.25, 0.3) is 0 Å². The minimum absolute atomic E-state index is 0.686. The summed E-state index contributed by atoms with van der Waals surface area (Å²) in [6.45, 7) is 4.35. The van der Waals surface area contributed by atoms with Crippen LogP contribution in [0.5, 0.6) is 0 Å².